The Labute approximate surface area is 99.2 Å². The van der Waals surface area contributed by atoms with Crippen molar-refractivity contribution in [1.82, 2.24) is 9.80 Å². The number of rotatable bonds is 3. The summed E-state index contributed by atoms with van der Waals surface area (Å²) in [5.41, 5.74) is 0. The number of nitrogens with zero attached hydrogens (tertiary/aromatic N) is 2. The molecule has 0 aromatic rings. The maximum Gasteiger partial charge on any atom is 0.304 e. The van der Waals surface area contributed by atoms with E-state index in [1.165, 1.54) is 11.9 Å². The van der Waals surface area contributed by atoms with Crippen molar-refractivity contribution in [3.05, 3.63) is 0 Å². The average Bonchev–Trinajstić information content (AvgIpc) is 2.52. The normalized spacial score (nSPS) is 29.6. The molecule has 2 rings (SSSR count). The number of carboxylic acids is 1. The first-order chi connectivity index (χ1) is 8.00. The third kappa shape index (κ3) is 2.17. The fourth-order valence-corrected chi connectivity index (χ4v) is 2.63. The molecule has 0 bridgehead atoms. The summed E-state index contributed by atoms with van der Waals surface area (Å²) < 4.78 is 0. The van der Waals surface area contributed by atoms with E-state index in [1.807, 2.05) is 4.90 Å². The van der Waals surface area contributed by atoms with Crippen LogP contribution in [0.2, 0.25) is 0 Å². The van der Waals surface area contributed by atoms with Gasteiger partial charge in [0.2, 0.25) is 11.8 Å². The highest BCUT2D eigenvalue weighted by Gasteiger charge is 2.48. The van der Waals surface area contributed by atoms with Crippen molar-refractivity contribution in [3.8, 4) is 0 Å². The van der Waals surface area contributed by atoms with Crippen molar-refractivity contribution in [3.63, 3.8) is 0 Å². The lowest BCUT2D eigenvalue weighted by molar-refractivity contribution is -0.138. The Hall–Kier alpha value is -1.43. The van der Waals surface area contributed by atoms with Crippen molar-refractivity contribution in [1.29, 1.82) is 0 Å². The van der Waals surface area contributed by atoms with Crippen LogP contribution in [0.5, 0.6) is 0 Å². The summed E-state index contributed by atoms with van der Waals surface area (Å²) in [5.74, 6) is -1.50. The molecular formula is C11H16N2O4. The van der Waals surface area contributed by atoms with Gasteiger partial charge in [-0.15, -0.1) is 0 Å². The van der Waals surface area contributed by atoms with Gasteiger partial charge in [0, 0.05) is 20.1 Å². The maximum atomic E-state index is 11.8. The zero-order valence-electron chi connectivity index (χ0n) is 9.76. The van der Waals surface area contributed by atoms with Crippen LogP contribution in [0.25, 0.3) is 0 Å². The molecule has 2 saturated heterocycles. The highest BCUT2D eigenvalue weighted by molar-refractivity contribution is 6.05. The topological polar surface area (TPSA) is 77.9 Å². The van der Waals surface area contributed by atoms with Crippen LogP contribution < -0.4 is 0 Å². The standard InChI is InChI=1S/C11H16N2O4/c1-12-10(16)7-2-4-13(5-3-9(14)15)6-8(7)11(12)17/h7-8H,2-6H2,1H3,(H,14,15)/t7-,8+/m1/s1. The third-order valence-corrected chi connectivity index (χ3v) is 3.63. The Morgan fingerprint density at radius 1 is 1.35 bits per heavy atom. The lowest BCUT2D eigenvalue weighted by Gasteiger charge is -2.31. The van der Waals surface area contributed by atoms with Gasteiger partial charge in [-0.3, -0.25) is 19.3 Å². The van der Waals surface area contributed by atoms with E-state index in [2.05, 4.69) is 0 Å². The van der Waals surface area contributed by atoms with Crippen LogP contribution in [0.1, 0.15) is 12.8 Å². The number of likely N-dealkylation sites (tertiary alicyclic amines) is 2. The molecule has 0 unspecified atom stereocenters. The van der Waals surface area contributed by atoms with E-state index >= 15 is 0 Å². The molecule has 0 aromatic carbocycles. The summed E-state index contributed by atoms with van der Waals surface area (Å²) in [7, 11) is 1.52. The lowest BCUT2D eigenvalue weighted by Crippen LogP contribution is -2.42. The fraction of sp³-hybridized carbons (Fsp3) is 0.727. The number of carbonyl (C=O) groups is 3. The Balaban J connectivity index is 1.97. The molecule has 6 nitrogen and oxygen atoms in total. The maximum absolute atomic E-state index is 11.8. The Morgan fingerprint density at radius 2 is 2.00 bits per heavy atom. The lowest BCUT2D eigenvalue weighted by atomic mass is 9.88. The van der Waals surface area contributed by atoms with Gasteiger partial charge < -0.3 is 10.0 Å². The highest BCUT2D eigenvalue weighted by atomic mass is 16.4. The summed E-state index contributed by atoms with van der Waals surface area (Å²) in [6.07, 6.45) is 0.731. The molecule has 0 aromatic heterocycles. The van der Waals surface area contributed by atoms with Crippen LogP contribution >= 0.6 is 0 Å². The van der Waals surface area contributed by atoms with Crippen molar-refractivity contribution in [2.24, 2.45) is 11.8 Å². The second-order valence-electron chi connectivity index (χ2n) is 4.68. The highest BCUT2D eigenvalue weighted by Crippen LogP contribution is 2.32. The zero-order valence-corrected chi connectivity index (χ0v) is 9.76. The van der Waals surface area contributed by atoms with Gasteiger partial charge in [-0.1, -0.05) is 0 Å². The molecule has 0 radical (unpaired) electrons. The fourth-order valence-electron chi connectivity index (χ4n) is 2.63. The summed E-state index contributed by atoms with van der Waals surface area (Å²) in [6, 6.07) is 0. The number of fused-ring (bicyclic) bond motifs is 1. The Morgan fingerprint density at radius 3 is 2.65 bits per heavy atom. The smallest absolute Gasteiger partial charge is 0.304 e. The number of hydrogen-bond acceptors (Lipinski definition) is 4. The van der Waals surface area contributed by atoms with E-state index in [-0.39, 0.29) is 30.1 Å². The molecule has 17 heavy (non-hydrogen) atoms. The van der Waals surface area contributed by atoms with Gasteiger partial charge in [-0.2, -0.15) is 0 Å². The van der Waals surface area contributed by atoms with Crippen LogP contribution in [-0.4, -0.2) is 59.4 Å². The van der Waals surface area contributed by atoms with Gasteiger partial charge in [-0.05, 0) is 13.0 Å². The Bertz CT molecular complexity index is 368. The van der Waals surface area contributed by atoms with Gasteiger partial charge in [0.05, 0.1) is 18.3 Å². The summed E-state index contributed by atoms with van der Waals surface area (Å²) >= 11 is 0. The van der Waals surface area contributed by atoms with Gasteiger partial charge in [0.1, 0.15) is 0 Å². The number of aliphatic carboxylic acids is 1. The summed E-state index contributed by atoms with van der Waals surface area (Å²) in [5, 5.41) is 8.61. The van der Waals surface area contributed by atoms with E-state index < -0.39 is 5.97 Å². The molecule has 1 N–H and O–H groups in total. The van der Waals surface area contributed by atoms with Crippen molar-refractivity contribution in [2.75, 3.05) is 26.7 Å². The molecule has 2 atom stereocenters. The minimum absolute atomic E-state index is 0.0787. The first-order valence-electron chi connectivity index (χ1n) is 5.76. The van der Waals surface area contributed by atoms with Crippen LogP contribution in [0.4, 0.5) is 0 Å². The van der Waals surface area contributed by atoms with Gasteiger partial charge in [0.25, 0.3) is 0 Å². The van der Waals surface area contributed by atoms with Crippen LogP contribution in [-0.2, 0) is 14.4 Å². The second kappa shape index (κ2) is 4.44. The molecular weight excluding hydrogens is 224 g/mol. The Kier molecular flexibility index (Phi) is 3.15. The van der Waals surface area contributed by atoms with Crippen molar-refractivity contribution < 1.29 is 19.5 Å². The molecule has 0 saturated carbocycles. The summed E-state index contributed by atoms with van der Waals surface area (Å²) in [6.45, 7) is 1.65. The largest absolute Gasteiger partial charge is 0.481 e. The van der Waals surface area contributed by atoms with E-state index in [9.17, 15) is 14.4 Å². The number of carbonyl (C=O) groups excluding carboxylic acids is 2. The van der Waals surface area contributed by atoms with E-state index in [1.54, 1.807) is 0 Å². The average molecular weight is 240 g/mol. The number of hydrogen-bond donors (Lipinski definition) is 1. The third-order valence-electron chi connectivity index (χ3n) is 3.63. The van der Waals surface area contributed by atoms with E-state index in [4.69, 9.17) is 5.11 Å². The number of amides is 2. The van der Waals surface area contributed by atoms with Gasteiger partial charge >= 0.3 is 5.97 Å². The number of piperidine rings is 1. The van der Waals surface area contributed by atoms with E-state index in [0.717, 1.165) is 0 Å². The number of imide groups is 1. The minimum atomic E-state index is -0.835. The predicted octanol–water partition coefficient (Wildman–Crippen LogP) is -0.602. The molecule has 2 fully saturated rings. The van der Waals surface area contributed by atoms with Crippen LogP contribution in [0, 0.1) is 11.8 Å². The van der Waals surface area contributed by atoms with Crippen LogP contribution in [0.15, 0.2) is 0 Å². The SMILES string of the molecule is CN1C(=O)[C@H]2CN(CCC(=O)O)CC[C@H]2C1=O. The van der Waals surface area contributed by atoms with Crippen molar-refractivity contribution >= 4 is 17.8 Å². The van der Waals surface area contributed by atoms with Gasteiger partial charge in [-0.25, -0.2) is 0 Å². The molecule has 2 amide bonds. The predicted molar refractivity (Wildman–Crippen MR) is 58.1 cm³/mol. The molecule has 94 valence electrons. The van der Waals surface area contributed by atoms with Crippen LogP contribution in [0.3, 0.4) is 0 Å². The first-order valence-corrected chi connectivity index (χ1v) is 5.76. The summed E-state index contributed by atoms with van der Waals surface area (Å²) in [4.78, 5) is 37.2. The minimum Gasteiger partial charge on any atom is -0.481 e. The zero-order chi connectivity index (χ0) is 12.6. The first kappa shape index (κ1) is 12.0. The molecule has 2 heterocycles. The quantitative estimate of drug-likeness (QED) is 0.666. The molecule has 0 aliphatic carbocycles. The van der Waals surface area contributed by atoms with E-state index in [0.29, 0.717) is 26.1 Å². The van der Waals surface area contributed by atoms with Crippen molar-refractivity contribution in [2.45, 2.75) is 12.8 Å². The second-order valence-corrected chi connectivity index (χ2v) is 4.68. The molecule has 2 aliphatic heterocycles. The van der Waals surface area contributed by atoms with Gasteiger partial charge in [0.15, 0.2) is 0 Å². The molecule has 6 heteroatoms. The number of carboxylic acid groups (broad SMARTS) is 1. The molecule has 2 aliphatic rings. The monoisotopic (exact) mass is 240 g/mol. The molecule has 0 spiro atoms.